The summed E-state index contributed by atoms with van der Waals surface area (Å²) < 4.78 is 5.36. The van der Waals surface area contributed by atoms with Gasteiger partial charge in [-0.15, -0.1) is 0 Å². The lowest BCUT2D eigenvalue weighted by molar-refractivity contribution is 0.0389. The number of ether oxygens (including phenoxy) is 1. The van der Waals surface area contributed by atoms with Crippen molar-refractivity contribution in [2.24, 2.45) is 0 Å². The molecule has 1 saturated heterocycles. The number of halogens is 1. The number of hydrogen-bond donors (Lipinski definition) is 1. The number of nitrogen functional groups attached to an aromatic ring is 1. The first-order valence-corrected chi connectivity index (χ1v) is 6.36. The largest absolute Gasteiger partial charge is 0.398 e. The van der Waals surface area contributed by atoms with Crippen LogP contribution in [-0.2, 0) is 11.3 Å². The highest BCUT2D eigenvalue weighted by atomic mass is 35.5. The minimum Gasteiger partial charge on any atom is -0.398 e. The van der Waals surface area contributed by atoms with E-state index in [-0.39, 0.29) is 0 Å². The van der Waals surface area contributed by atoms with Gasteiger partial charge >= 0.3 is 0 Å². The van der Waals surface area contributed by atoms with Gasteiger partial charge in [0, 0.05) is 43.0 Å². The van der Waals surface area contributed by atoms with Crippen molar-refractivity contribution in [1.29, 1.82) is 0 Å². The Morgan fingerprint density at radius 1 is 1.41 bits per heavy atom. The molecule has 0 amide bonds. The standard InChI is InChI=1S/C13H19ClN2O/c1-17-10-5-7-16(8-6-10)9-11-12(14)3-2-4-13(11)15/h2-4,10H,5-9,15H2,1H3. The van der Waals surface area contributed by atoms with E-state index in [1.165, 1.54) is 0 Å². The van der Waals surface area contributed by atoms with Gasteiger partial charge in [-0.2, -0.15) is 0 Å². The highest BCUT2D eigenvalue weighted by Gasteiger charge is 2.19. The number of rotatable bonds is 3. The molecule has 3 nitrogen and oxygen atoms in total. The fourth-order valence-electron chi connectivity index (χ4n) is 2.27. The van der Waals surface area contributed by atoms with Crippen LogP contribution in [0.25, 0.3) is 0 Å². The average Bonchev–Trinajstić information content (AvgIpc) is 2.35. The topological polar surface area (TPSA) is 38.5 Å². The molecule has 0 radical (unpaired) electrons. The molecule has 0 aromatic heterocycles. The Balaban J connectivity index is 1.98. The molecule has 0 saturated carbocycles. The van der Waals surface area contributed by atoms with Crippen LogP contribution in [0.4, 0.5) is 5.69 Å². The molecule has 0 bridgehead atoms. The van der Waals surface area contributed by atoms with Crippen molar-refractivity contribution in [2.45, 2.75) is 25.5 Å². The van der Waals surface area contributed by atoms with E-state index in [4.69, 9.17) is 22.1 Å². The molecule has 0 aliphatic carbocycles. The van der Waals surface area contributed by atoms with Crippen LogP contribution >= 0.6 is 11.6 Å². The molecule has 1 aromatic rings. The summed E-state index contributed by atoms with van der Waals surface area (Å²) in [6.45, 7) is 2.92. The summed E-state index contributed by atoms with van der Waals surface area (Å²) in [4.78, 5) is 2.38. The highest BCUT2D eigenvalue weighted by molar-refractivity contribution is 6.31. The van der Waals surface area contributed by atoms with Gasteiger partial charge in [0.25, 0.3) is 0 Å². The van der Waals surface area contributed by atoms with E-state index in [0.29, 0.717) is 6.10 Å². The number of nitrogens with two attached hydrogens (primary N) is 1. The van der Waals surface area contributed by atoms with Gasteiger partial charge in [-0.05, 0) is 25.0 Å². The third kappa shape index (κ3) is 3.12. The van der Waals surface area contributed by atoms with Gasteiger partial charge in [-0.25, -0.2) is 0 Å². The smallest absolute Gasteiger partial charge is 0.0595 e. The van der Waals surface area contributed by atoms with Gasteiger partial charge in [-0.3, -0.25) is 4.90 Å². The number of piperidine rings is 1. The third-order valence-corrected chi connectivity index (χ3v) is 3.76. The van der Waals surface area contributed by atoms with Crippen molar-refractivity contribution in [3.63, 3.8) is 0 Å². The predicted octanol–water partition coefficient (Wildman–Crippen LogP) is 2.53. The van der Waals surface area contributed by atoms with Crippen LogP contribution in [0.2, 0.25) is 5.02 Å². The zero-order chi connectivity index (χ0) is 12.3. The Bertz CT molecular complexity index is 355. The second kappa shape index (κ2) is 5.71. The highest BCUT2D eigenvalue weighted by Crippen LogP contribution is 2.25. The first kappa shape index (κ1) is 12.7. The summed E-state index contributed by atoms with van der Waals surface area (Å²) in [6, 6.07) is 5.69. The molecule has 4 heteroatoms. The molecule has 1 aromatic carbocycles. The summed E-state index contributed by atoms with van der Waals surface area (Å²) in [5.74, 6) is 0. The molecule has 1 aliphatic heterocycles. The number of benzene rings is 1. The van der Waals surface area contributed by atoms with Gasteiger partial charge in [0.1, 0.15) is 0 Å². The van der Waals surface area contributed by atoms with Crippen LogP contribution in [0.5, 0.6) is 0 Å². The molecular weight excluding hydrogens is 236 g/mol. The van der Waals surface area contributed by atoms with Crippen molar-refractivity contribution < 1.29 is 4.74 Å². The van der Waals surface area contributed by atoms with Crippen molar-refractivity contribution in [1.82, 2.24) is 4.90 Å². The van der Waals surface area contributed by atoms with Crippen LogP contribution in [0.15, 0.2) is 18.2 Å². The first-order valence-electron chi connectivity index (χ1n) is 5.98. The van der Waals surface area contributed by atoms with Crippen molar-refractivity contribution in [3.05, 3.63) is 28.8 Å². The van der Waals surface area contributed by atoms with Gasteiger partial charge in [0.05, 0.1) is 6.10 Å². The van der Waals surface area contributed by atoms with E-state index >= 15 is 0 Å². The molecule has 2 rings (SSSR count). The maximum atomic E-state index is 6.17. The average molecular weight is 255 g/mol. The molecule has 1 heterocycles. The molecule has 0 atom stereocenters. The molecule has 1 fully saturated rings. The van der Waals surface area contributed by atoms with Gasteiger partial charge in [-0.1, -0.05) is 17.7 Å². The Morgan fingerprint density at radius 3 is 2.71 bits per heavy atom. The lowest BCUT2D eigenvalue weighted by atomic mass is 10.1. The Hall–Kier alpha value is -0.770. The number of nitrogens with zero attached hydrogens (tertiary/aromatic N) is 1. The third-order valence-electron chi connectivity index (χ3n) is 3.40. The van der Waals surface area contributed by atoms with Crippen LogP contribution in [0.1, 0.15) is 18.4 Å². The maximum absolute atomic E-state index is 6.17. The van der Waals surface area contributed by atoms with Gasteiger partial charge in [0.15, 0.2) is 0 Å². The molecule has 1 aliphatic rings. The fraction of sp³-hybridized carbons (Fsp3) is 0.538. The van der Waals surface area contributed by atoms with E-state index < -0.39 is 0 Å². The second-order valence-corrected chi connectivity index (χ2v) is 4.93. The van der Waals surface area contributed by atoms with Crippen LogP contribution < -0.4 is 5.73 Å². The minimum absolute atomic E-state index is 0.412. The molecule has 0 spiro atoms. The van der Waals surface area contributed by atoms with Crippen molar-refractivity contribution in [3.8, 4) is 0 Å². The molecule has 2 N–H and O–H groups in total. The minimum atomic E-state index is 0.412. The molecule has 94 valence electrons. The van der Waals surface area contributed by atoms with Crippen LogP contribution in [-0.4, -0.2) is 31.2 Å². The quantitative estimate of drug-likeness (QED) is 0.843. The van der Waals surface area contributed by atoms with Gasteiger partial charge in [0.2, 0.25) is 0 Å². The Labute approximate surface area is 107 Å². The monoisotopic (exact) mass is 254 g/mol. The fourth-order valence-corrected chi connectivity index (χ4v) is 2.51. The molecular formula is C13H19ClN2O. The normalized spacial score (nSPS) is 18.5. The summed E-state index contributed by atoms with van der Waals surface area (Å²) in [7, 11) is 1.78. The van der Waals surface area contributed by atoms with E-state index in [9.17, 15) is 0 Å². The zero-order valence-corrected chi connectivity index (χ0v) is 10.9. The van der Waals surface area contributed by atoms with Crippen molar-refractivity contribution >= 4 is 17.3 Å². The van der Waals surface area contributed by atoms with E-state index in [2.05, 4.69) is 4.90 Å². The van der Waals surface area contributed by atoms with E-state index in [1.54, 1.807) is 7.11 Å². The molecule has 0 unspecified atom stereocenters. The number of likely N-dealkylation sites (tertiary alicyclic amines) is 1. The molecule has 17 heavy (non-hydrogen) atoms. The van der Waals surface area contributed by atoms with E-state index in [0.717, 1.165) is 48.7 Å². The second-order valence-electron chi connectivity index (χ2n) is 4.52. The zero-order valence-electron chi connectivity index (χ0n) is 10.2. The van der Waals surface area contributed by atoms with Crippen LogP contribution in [0.3, 0.4) is 0 Å². The summed E-state index contributed by atoms with van der Waals surface area (Å²) in [5, 5.41) is 0.763. The van der Waals surface area contributed by atoms with Gasteiger partial charge < -0.3 is 10.5 Å². The number of hydrogen-bond acceptors (Lipinski definition) is 3. The number of anilines is 1. The lowest BCUT2D eigenvalue weighted by Crippen LogP contribution is -2.36. The van der Waals surface area contributed by atoms with Crippen LogP contribution in [0, 0.1) is 0 Å². The predicted molar refractivity (Wildman–Crippen MR) is 71.2 cm³/mol. The summed E-state index contributed by atoms with van der Waals surface area (Å²) in [5.41, 5.74) is 7.79. The Kier molecular flexibility index (Phi) is 4.26. The lowest BCUT2D eigenvalue weighted by Gasteiger charge is -2.31. The van der Waals surface area contributed by atoms with Crippen molar-refractivity contribution in [2.75, 3.05) is 25.9 Å². The van der Waals surface area contributed by atoms with E-state index in [1.807, 2.05) is 18.2 Å². The summed E-state index contributed by atoms with van der Waals surface area (Å²) >= 11 is 6.17. The Morgan fingerprint density at radius 2 is 2.12 bits per heavy atom. The maximum Gasteiger partial charge on any atom is 0.0595 e. The summed E-state index contributed by atoms with van der Waals surface area (Å²) in [6.07, 6.45) is 2.58. The number of methoxy groups -OCH3 is 1. The SMILES string of the molecule is COC1CCN(Cc2c(N)cccc2Cl)CC1. The first-order chi connectivity index (χ1) is 8.20.